The highest BCUT2D eigenvalue weighted by molar-refractivity contribution is 7.92. The molecule has 0 aliphatic carbocycles. The fourth-order valence-electron chi connectivity index (χ4n) is 2.64. The van der Waals surface area contributed by atoms with Crippen LogP contribution in [0, 0.1) is 0 Å². The zero-order chi connectivity index (χ0) is 22.1. The van der Waals surface area contributed by atoms with Crippen LogP contribution >= 0.6 is 11.6 Å². The van der Waals surface area contributed by atoms with Crippen LogP contribution in [0.1, 0.15) is 36.9 Å². The minimum Gasteiger partial charge on any atom is -0.359 e. The van der Waals surface area contributed by atoms with Gasteiger partial charge in [0.05, 0.1) is 10.6 Å². The molecule has 9 heteroatoms. The van der Waals surface area contributed by atoms with Gasteiger partial charge in [-0.1, -0.05) is 49.7 Å². The molecule has 1 N–H and O–H groups in total. The lowest BCUT2D eigenvalue weighted by atomic mass is 9.93. The molecular weight excluding hydrogens is 426 g/mol. The molecule has 3 aromatic rings. The van der Waals surface area contributed by atoms with Gasteiger partial charge in [0.1, 0.15) is 5.76 Å². The fraction of sp³-hybridized carbons (Fsp3) is 0.238. The minimum absolute atomic E-state index is 0.0202. The quantitative estimate of drug-likeness (QED) is 0.611. The second-order valence-corrected chi connectivity index (χ2v) is 10.2. The van der Waals surface area contributed by atoms with Crippen molar-refractivity contribution < 1.29 is 17.7 Å². The maximum absolute atomic E-state index is 13.0. The van der Waals surface area contributed by atoms with Crippen LogP contribution in [-0.4, -0.2) is 26.5 Å². The number of carbonyl (C=O) groups is 1. The van der Waals surface area contributed by atoms with Crippen molar-refractivity contribution >= 4 is 39.0 Å². The Hall–Kier alpha value is -2.84. The minimum atomic E-state index is -3.89. The van der Waals surface area contributed by atoms with Gasteiger partial charge in [0.25, 0.3) is 15.9 Å². The van der Waals surface area contributed by atoms with Crippen LogP contribution in [0.5, 0.6) is 0 Å². The number of carbonyl (C=O) groups excluding carboxylic acids is 1. The van der Waals surface area contributed by atoms with E-state index in [1.807, 2.05) is 20.8 Å². The number of halogens is 1. The van der Waals surface area contributed by atoms with Crippen molar-refractivity contribution in [2.24, 2.45) is 0 Å². The first-order valence-corrected chi connectivity index (χ1v) is 10.9. The first-order chi connectivity index (χ1) is 14.0. The molecule has 2 aromatic carbocycles. The van der Waals surface area contributed by atoms with Gasteiger partial charge in [-0.15, -0.1) is 0 Å². The van der Waals surface area contributed by atoms with Gasteiger partial charge in [0.2, 0.25) is 0 Å². The predicted molar refractivity (Wildman–Crippen MR) is 117 cm³/mol. The first kappa shape index (κ1) is 21.9. The normalized spacial score (nSPS) is 11.9. The van der Waals surface area contributed by atoms with Crippen LogP contribution in [0.3, 0.4) is 0 Å². The summed E-state index contributed by atoms with van der Waals surface area (Å²) in [5.74, 6) is 0.387. The zero-order valence-electron chi connectivity index (χ0n) is 17.0. The van der Waals surface area contributed by atoms with Crippen LogP contribution in [0.2, 0.25) is 5.02 Å². The van der Waals surface area contributed by atoms with Crippen molar-refractivity contribution in [3.8, 4) is 0 Å². The lowest BCUT2D eigenvalue weighted by Crippen LogP contribution is -2.26. The average molecular weight is 448 g/mol. The number of aromatic nitrogens is 1. The lowest BCUT2D eigenvalue weighted by Gasteiger charge is -2.20. The summed E-state index contributed by atoms with van der Waals surface area (Å²) >= 11 is 5.97. The highest BCUT2D eigenvalue weighted by Gasteiger charge is 2.24. The van der Waals surface area contributed by atoms with Gasteiger partial charge in [-0.25, -0.2) is 8.42 Å². The molecule has 30 heavy (non-hydrogen) atoms. The van der Waals surface area contributed by atoms with E-state index in [1.165, 1.54) is 31.3 Å². The van der Waals surface area contributed by atoms with Crippen molar-refractivity contribution in [2.45, 2.75) is 31.1 Å². The smallest absolute Gasteiger partial charge is 0.264 e. The van der Waals surface area contributed by atoms with Gasteiger partial charge in [0, 0.05) is 29.1 Å². The maximum Gasteiger partial charge on any atom is 0.264 e. The highest BCUT2D eigenvalue weighted by Crippen LogP contribution is 2.26. The molecule has 0 spiro atoms. The molecule has 0 bridgehead atoms. The van der Waals surface area contributed by atoms with Crippen molar-refractivity contribution in [3.05, 3.63) is 70.9 Å². The van der Waals surface area contributed by atoms with E-state index < -0.39 is 15.9 Å². The Balaban J connectivity index is 1.84. The summed E-state index contributed by atoms with van der Waals surface area (Å²) in [5.41, 5.74) is 0.333. The molecule has 0 radical (unpaired) electrons. The van der Waals surface area contributed by atoms with Gasteiger partial charge in [0.15, 0.2) is 5.82 Å². The Labute approximate surface area is 180 Å². The number of hydrogen-bond acceptors (Lipinski definition) is 5. The molecule has 0 unspecified atom stereocenters. The topological polar surface area (TPSA) is 92.5 Å². The largest absolute Gasteiger partial charge is 0.359 e. The van der Waals surface area contributed by atoms with Gasteiger partial charge in [-0.2, -0.15) is 0 Å². The van der Waals surface area contributed by atoms with Crippen LogP contribution < -0.4 is 9.62 Å². The summed E-state index contributed by atoms with van der Waals surface area (Å²) in [6.45, 7) is 5.89. The molecular formula is C21H22ClN3O4S. The van der Waals surface area contributed by atoms with Gasteiger partial charge >= 0.3 is 0 Å². The number of anilines is 2. The van der Waals surface area contributed by atoms with Crippen molar-refractivity contribution in [1.29, 1.82) is 0 Å². The second-order valence-electron chi connectivity index (χ2n) is 7.76. The SMILES string of the molecule is CN(c1cccc(Cl)c1)S(=O)(=O)c1cccc(C(=O)Nc2cc(C(C)(C)C)on2)c1. The van der Waals surface area contributed by atoms with E-state index in [9.17, 15) is 13.2 Å². The first-order valence-electron chi connectivity index (χ1n) is 9.11. The van der Waals surface area contributed by atoms with Crippen molar-refractivity contribution in [1.82, 2.24) is 5.16 Å². The number of nitrogens with zero attached hydrogens (tertiary/aromatic N) is 2. The Morgan fingerprint density at radius 2 is 1.80 bits per heavy atom. The summed E-state index contributed by atoms with van der Waals surface area (Å²) in [7, 11) is -2.46. The molecule has 0 aliphatic heterocycles. The number of hydrogen-bond donors (Lipinski definition) is 1. The molecule has 0 aliphatic rings. The summed E-state index contributed by atoms with van der Waals surface area (Å²) in [6, 6.07) is 13.9. The number of nitrogens with one attached hydrogen (secondary N) is 1. The van der Waals surface area contributed by atoms with Crippen molar-refractivity contribution in [2.75, 3.05) is 16.7 Å². The molecule has 0 saturated carbocycles. The fourth-order valence-corrected chi connectivity index (χ4v) is 4.06. The zero-order valence-corrected chi connectivity index (χ0v) is 18.6. The van der Waals surface area contributed by atoms with E-state index in [-0.39, 0.29) is 21.7 Å². The van der Waals surface area contributed by atoms with Crippen LogP contribution in [-0.2, 0) is 15.4 Å². The Morgan fingerprint density at radius 3 is 2.43 bits per heavy atom. The van der Waals surface area contributed by atoms with Gasteiger partial charge < -0.3 is 9.84 Å². The standard InChI is InChI=1S/C21H22ClN3O4S/c1-21(2,3)18-13-19(24-29-18)23-20(26)14-7-5-10-17(11-14)30(27,28)25(4)16-9-6-8-15(22)12-16/h5-13H,1-4H3,(H,23,24,26). The van der Waals surface area contributed by atoms with Crippen LogP contribution in [0.4, 0.5) is 11.5 Å². The van der Waals surface area contributed by atoms with E-state index in [1.54, 1.807) is 30.3 Å². The summed E-state index contributed by atoms with van der Waals surface area (Å²) in [4.78, 5) is 12.6. The number of benzene rings is 2. The van der Waals surface area contributed by atoms with Gasteiger partial charge in [-0.3, -0.25) is 9.10 Å². The van der Waals surface area contributed by atoms with E-state index in [0.29, 0.717) is 16.5 Å². The van der Waals surface area contributed by atoms with E-state index in [2.05, 4.69) is 10.5 Å². The predicted octanol–water partition coefficient (Wildman–Crippen LogP) is 4.70. The third-order valence-corrected chi connectivity index (χ3v) is 6.43. The number of amides is 1. The molecule has 7 nitrogen and oxygen atoms in total. The Bertz CT molecular complexity index is 1180. The molecule has 0 saturated heterocycles. The van der Waals surface area contributed by atoms with E-state index in [4.69, 9.17) is 16.1 Å². The molecule has 3 rings (SSSR count). The van der Waals surface area contributed by atoms with E-state index >= 15 is 0 Å². The Morgan fingerprint density at radius 1 is 1.10 bits per heavy atom. The third kappa shape index (κ3) is 4.66. The summed E-state index contributed by atoms with van der Waals surface area (Å²) in [6.07, 6.45) is 0. The monoisotopic (exact) mass is 447 g/mol. The summed E-state index contributed by atoms with van der Waals surface area (Å²) in [5, 5.41) is 6.90. The van der Waals surface area contributed by atoms with Crippen LogP contribution in [0.15, 0.2) is 64.0 Å². The average Bonchev–Trinajstić information content (AvgIpc) is 3.16. The molecule has 0 fully saturated rings. The Kier molecular flexibility index (Phi) is 5.92. The van der Waals surface area contributed by atoms with Crippen molar-refractivity contribution in [3.63, 3.8) is 0 Å². The molecule has 0 atom stereocenters. The van der Waals surface area contributed by atoms with E-state index in [0.717, 1.165) is 4.31 Å². The second kappa shape index (κ2) is 8.12. The lowest BCUT2D eigenvalue weighted by molar-refractivity contribution is 0.102. The number of sulfonamides is 1. The highest BCUT2D eigenvalue weighted by atomic mass is 35.5. The molecule has 158 valence electrons. The third-order valence-electron chi connectivity index (χ3n) is 4.42. The molecule has 1 aromatic heterocycles. The number of rotatable bonds is 5. The molecule has 1 heterocycles. The van der Waals surface area contributed by atoms with Gasteiger partial charge in [-0.05, 0) is 36.4 Å². The maximum atomic E-state index is 13.0. The van der Waals surface area contributed by atoms with Crippen LogP contribution in [0.25, 0.3) is 0 Å². The molecule has 1 amide bonds. The summed E-state index contributed by atoms with van der Waals surface area (Å²) < 4.78 is 32.4.